The normalized spacial score (nSPS) is 33.8. The molecular formula is C23H34N4O2. The van der Waals surface area contributed by atoms with Crippen molar-refractivity contribution < 1.29 is 9.59 Å². The van der Waals surface area contributed by atoms with Crippen LogP contribution in [0.15, 0.2) is 12.4 Å². The van der Waals surface area contributed by atoms with Crippen LogP contribution >= 0.6 is 0 Å². The number of rotatable bonds is 5. The minimum absolute atomic E-state index is 0.0570. The second kappa shape index (κ2) is 7.44. The standard InChI is InChI=1S/C23H34N4O2/c1-26-15-20(14-25-26)22(29)24-13-16-2-4-27(5-3-16)21(28)12-23-9-17-6-18(10-23)8-19(7-17)11-23/h14-19H,2-13H2,1H3,(H,24,29). The molecule has 6 nitrogen and oxygen atoms in total. The predicted octanol–water partition coefficient (Wildman–Crippen LogP) is 3.00. The van der Waals surface area contributed by atoms with Gasteiger partial charge in [0.05, 0.1) is 11.8 Å². The molecule has 1 saturated heterocycles. The summed E-state index contributed by atoms with van der Waals surface area (Å²) in [6, 6.07) is 0. The van der Waals surface area contributed by atoms with Crippen molar-refractivity contribution >= 4 is 11.8 Å². The molecular weight excluding hydrogens is 364 g/mol. The van der Waals surface area contributed by atoms with Crippen LogP contribution in [0.3, 0.4) is 0 Å². The number of amides is 2. The summed E-state index contributed by atoms with van der Waals surface area (Å²) in [4.78, 5) is 27.4. The van der Waals surface area contributed by atoms with E-state index < -0.39 is 0 Å². The monoisotopic (exact) mass is 398 g/mol. The van der Waals surface area contributed by atoms with E-state index in [1.165, 1.54) is 38.5 Å². The molecule has 2 heterocycles. The Morgan fingerprint density at radius 2 is 1.72 bits per heavy atom. The maximum absolute atomic E-state index is 13.1. The van der Waals surface area contributed by atoms with Gasteiger partial charge in [-0.1, -0.05) is 0 Å². The third-order valence-corrected chi connectivity index (χ3v) is 8.18. The molecule has 1 aromatic rings. The van der Waals surface area contributed by atoms with Crippen molar-refractivity contribution in [1.82, 2.24) is 20.0 Å². The highest BCUT2D eigenvalue weighted by atomic mass is 16.2. The summed E-state index contributed by atoms with van der Waals surface area (Å²) >= 11 is 0. The van der Waals surface area contributed by atoms with E-state index in [2.05, 4.69) is 15.3 Å². The molecule has 158 valence electrons. The van der Waals surface area contributed by atoms with E-state index in [1.807, 2.05) is 7.05 Å². The smallest absolute Gasteiger partial charge is 0.254 e. The maximum atomic E-state index is 13.1. The summed E-state index contributed by atoms with van der Waals surface area (Å²) in [6.07, 6.45) is 14.3. The highest BCUT2D eigenvalue weighted by Crippen LogP contribution is 2.61. The number of hydrogen-bond acceptors (Lipinski definition) is 3. The fourth-order valence-electron chi connectivity index (χ4n) is 7.20. The number of carbonyl (C=O) groups is 2. The number of nitrogens with one attached hydrogen (secondary N) is 1. The number of aromatic nitrogens is 2. The van der Waals surface area contributed by atoms with Gasteiger partial charge in [-0.15, -0.1) is 0 Å². The van der Waals surface area contributed by atoms with Gasteiger partial charge in [0.15, 0.2) is 0 Å². The molecule has 1 N–H and O–H groups in total. The van der Waals surface area contributed by atoms with Crippen LogP contribution in [0.5, 0.6) is 0 Å². The molecule has 1 aromatic heterocycles. The maximum Gasteiger partial charge on any atom is 0.254 e. The van der Waals surface area contributed by atoms with Gasteiger partial charge in [-0.3, -0.25) is 14.3 Å². The molecule has 29 heavy (non-hydrogen) atoms. The number of hydrogen-bond donors (Lipinski definition) is 1. The zero-order chi connectivity index (χ0) is 20.0. The largest absolute Gasteiger partial charge is 0.352 e. The second-order valence-corrected chi connectivity index (χ2v) is 10.5. The van der Waals surface area contributed by atoms with Crippen molar-refractivity contribution in [3.63, 3.8) is 0 Å². The van der Waals surface area contributed by atoms with Crippen molar-refractivity contribution in [1.29, 1.82) is 0 Å². The van der Waals surface area contributed by atoms with Crippen LogP contribution in [0.25, 0.3) is 0 Å². The summed E-state index contributed by atoms with van der Waals surface area (Å²) in [7, 11) is 1.81. The van der Waals surface area contributed by atoms with Crippen molar-refractivity contribution in [2.75, 3.05) is 19.6 Å². The Kier molecular flexibility index (Phi) is 4.91. The molecule has 6 heteroatoms. The molecule has 4 saturated carbocycles. The van der Waals surface area contributed by atoms with Gasteiger partial charge in [-0.05, 0) is 80.5 Å². The lowest BCUT2D eigenvalue weighted by molar-refractivity contribution is -0.140. The lowest BCUT2D eigenvalue weighted by atomic mass is 9.49. The van der Waals surface area contributed by atoms with Crippen molar-refractivity contribution in [2.24, 2.45) is 36.1 Å². The highest BCUT2D eigenvalue weighted by molar-refractivity contribution is 5.93. The molecule has 1 aliphatic heterocycles. The Balaban J connectivity index is 1.09. The van der Waals surface area contributed by atoms with E-state index in [-0.39, 0.29) is 5.91 Å². The Bertz CT molecular complexity index is 742. The van der Waals surface area contributed by atoms with Crippen LogP contribution < -0.4 is 5.32 Å². The van der Waals surface area contributed by atoms with E-state index in [9.17, 15) is 9.59 Å². The number of nitrogens with zero attached hydrogens (tertiary/aromatic N) is 3. The molecule has 0 unspecified atom stereocenters. The van der Waals surface area contributed by atoms with Gasteiger partial charge in [0, 0.05) is 39.3 Å². The lowest BCUT2D eigenvalue weighted by Crippen LogP contribution is -2.49. The molecule has 4 bridgehead atoms. The molecule has 2 amide bonds. The molecule has 5 aliphatic rings. The molecule has 0 aromatic carbocycles. The van der Waals surface area contributed by atoms with E-state index in [4.69, 9.17) is 0 Å². The van der Waals surface area contributed by atoms with Gasteiger partial charge >= 0.3 is 0 Å². The SMILES string of the molecule is Cn1cc(C(=O)NCC2CCN(C(=O)CC34CC5CC(CC(C5)C3)C4)CC2)cn1. The minimum atomic E-state index is -0.0570. The summed E-state index contributed by atoms with van der Waals surface area (Å²) in [5.74, 6) is 3.51. The van der Waals surface area contributed by atoms with Crippen LogP contribution in [0.1, 0.15) is 68.1 Å². The first-order valence-corrected chi connectivity index (χ1v) is 11.5. The summed E-state index contributed by atoms with van der Waals surface area (Å²) < 4.78 is 1.64. The van der Waals surface area contributed by atoms with Crippen LogP contribution in [0, 0.1) is 29.1 Å². The quantitative estimate of drug-likeness (QED) is 0.829. The Morgan fingerprint density at radius 3 is 2.28 bits per heavy atom. The average molecular weight is 399 g/mol. The fourth-order valence-corrected chi connectivity index (χ4v) is 7.20. The Labute approximate surface area is 173 Å². The zero-order valence-electron chi connectivity index (χ0n) is 17.6. The fraction of sp³-hybridized carbons (Fsp3) is 0.783. The first kappa shape index (κ1) is 19.1. The molecule has 0 spiro atoms. The number of carbonyl (C=O) groups excluding carboxylic acids is 2. The average Bonchev–Trinajstić information content (AvgIpc) is 3.11. The van der Waals surface area contributed by atoms with E-state index in [1.54, 1.807) is 17.1 Å². The van der Waals surface area contributed by atoms with Crippen LogP contribution in [-0.2, 0) is 11.8 Å². The van der Waals surface area contributed by atoms with Crippen molar-refractivity contribution in [3.05, 3.63) is 18.0 Å². The molecule has 0 atom stereocenters. The summed E-state index contributed by atoms with van der Waals surface area (Å²) in [5.41, 5.74) is 0.941. The third-order valence-electron chi connectivity index (χ3n) is 8.18. The predicted molar refractivity (Wildman–Crippen MR) is 110 cm³/mol. The Morgan fingerprint density at radius 1 is 1.10 bits per heavy atom. The van der Waals surface area contributed by atoms with Gasteiger partial charge < -0.3 is 10.2 Å². The first-order valence-electron chi connectivity index (χ1n) is 11.5. The topological polar surface area (TPSA) is 67.2 Å². The molecule has 6 rings (SSSR count). The first-order chi connectivity index (χ1) is 14.0. The Hall–Kier alpha value is -1.85. The van der Waals surface area contributed by atoms with Crippen LogP contribution in [-0.4, -0.2) is 46.1 Å². The lowest BCUT2D eigenvalue weighted by Gasteiger charge is -2.57. The van der Waals surface area contributed by atoms with Gasteiger partial charge in [0.2, 0.25) is 5.91 Å². The van der Waals surface area contributed by atoms with Gasteiger partial charge in [0.25, 0.3) is 5.91 Å². The second-order valence-electron chi connectivity index (χ2n) is 10.5. The van der Waals surface area contributed by atoms with Gasteiger partial charge in [-0.25, -0.2) is 0 Å². The highest BCUT2D eigenvalue weighted by Gasteiger charge is 2.51. The van der Waals surface area contributed by atoms with E-state index >= 15 is 0 Å². The number of piperidine rings is 1. The summed E-state index contributed by atoms with van der Waals surface area (Å²) in [6.45, 7) is 2.38. The van der Waals surface area contributed by atoms with Crippen molar-refractivity contribution in [3.8, 4) is 0 Å². The molecule has 4 aliphatic carbocycles. The van der Waals surface area contributed by atoms with E-state index in [0.717, 1.165) is 50.1 Å². The summed E-state index contributed by atoms with van der Waals surface area (Å²) in [5, 5.41) is 7.08. The van der Waals surface area contributed by atoms with Gasteiger partial charge in [-0.2, -0.15) is 5.10 Å². The third kappa shape index (κ3) is 3.95. The number of aryl methyl sites for hydroxylation is 1. The molecule has 0 radical (unpaired) electrons. The number of likely N-dealkylation sites (tertiary alicyclic amines) is 1. The minimum Gasteiger partial charge on any atom is -0.352 e. The van der Waals surface area contributed by atoms with Gasteiger partial charge in [0.1, 0.15) is 0 Å². The zero-order valence-corrected chi connectivity index (χ0v) is 17.6. The molecule has 5 fully saturated rings. The van der Waals surface area contributed by atoms with Crippen LogP contribution in [0.2, 0.25) is 0 Å². The van der Waals surface area contributed by atoms with Crippen molar-refractivity contribution in [2.45, 2.75) is 57.8 Å². The van der Waals surface area contributed by atoms with E-state index in [0.29, 0.717) is 29.3 Å². The van der Waals surface area contributed by atoms with Crippen LogP contribution in [0.4, 0.5) is 0 Å².